The molecule has 1 saturated heterocycles. The van der Waals surface area contributed by atoms with Crippen LogP contribution in [0.5, 0.6) is 0 Å². The van der Waals surface area contributed by atoms with Gasteiger partial charge in [-0.05, 0) is 88.1 Å². The third kappa shape index (κ3) is 2.85. The predicted molar refractivity (Wildman–Crippen MR) is 118 cm³/mol. The summed E-state index contributed by atoms with van der Waals surface area (Å²) in [6.45, 7) is 2.95. The molecule has 0 saturated carbocycles. The van der Waals surface area contributed by atoms with E-state index in [9.17, 15) is 0 Å². The molecule has 0 radical (unpaired) electrons. The Hall–Kier alpha value is -0.238. The smallest absolute Gasteiger partial charge is 0.0761 e. The molecule has 142 valence electrons. The molecule has 5 aliphatic rings. The minimum Gasteiger partial charge on any atom is -0.0761 e. The Morgan fingerprint density at radius 3 is 1.65 bits per heavy atom. The summed E-state index contributed by atoms with van der Waals surface area (Å²) in [6.07, 6.45) is 27.0. The summed E-state index contributed by atoms with van der Waals surface area (Å²) >= 11 is 0. The van der Waals surface area contributed by atoms with Crippen molar-refractivity contribution in [2.75, 3.05) is 0 Å². The zero-order valence-corrected chi connectivity index (χ0v) is 18.3. The maximum absolute atomic E-state index is 2.95. The van der Waals surface area contributed by atoms with Crippen molar-refractivity contribution in [3.05, 3.63) is 22.3 Å². The van der Waals surface area contributed by atoms with Crippen LogP contribution in [0.1, 0.15) is 96.3 Å². The van der Waals surface area contributed by atoms with Crippen LogP contribution in [0.25, 0.3) is 0 Å². The minimum absolute atomic E-state index is 1.08. The average molecular weight is 366 g/mol. The zero-order valence-electron chi connectivity index (χ0n) is 17.3. The van der Waals surface area contributed by atoms with Gasteiger partial charge in [0.1, 0.15) is 6.31 Å². The van der Waals surface area contributed by atoms with E-state index >= 15 is 0 Å². The molecule has 0 amide bonds. The molecule has 0 aromatic carbocycles. The molecule has 1 aliphatic heterocycles. The second kappa shape index (κ2) is 7.30. The molecule has 0 nitrogen and oxygen atoms in total. The molecule has 0 aromatic heterocycles. The van der Waals surface area contributed by atoms with E-state index in [1.54, 1.807) is 38.3 Å². The van der Waals surface area contributed by atoms with E-state index in [0.717, 1.165) is 17.4 Å². The largest absolute Gasteiger partial charge is 0.135 e. The van der Waals surface area contributed by atoms with Crippen LogP contribution in [-0.4, -0.2) is 14.2 Å². The third-order valence-corrected chi connectivity index (χ3v) is 16.2. The molecule has 1 heterocycles. The van der Waals surface area contributed by atoms with E-state index in [-0.39, 0.29) is 0 Å². The monoisotopic (exact) mass is 366 g/mol. The van der Waals surface area contributed by atoms with Gasteiger partial charge in [0.25, 0.3) is 0 Å². The molecular formula is C24H39BSi. The van der Waals surface area contributed by atoms with E-state index < -0.39 is 7.94 Å². The first-order valence-corrected chi connectivity index (χ1v) is 14.9. The number of allylic oxidation sites excluding steroid dienone is 4. The standard InChI is InChI=1S/C24H39BSi/c1-26(25-17-7-2-8-18-25,23-15-13-19-9-3-5-11-21(19)23)24-16-14-20-10-4-6-12-22(20)24/h23-24H,2-18H2,1H3/t23-,24-/m0/s1. The van der Waals surface area contributed by atoms with E-state index in [4.69, 9.17) is 0 Å². The molecular weight excluding hydrogens is 327 g/mol. The summed E-state index contributed by atoms with van der Waals surface area (Å²) < 4.78 is 0. The summed E-state index contributed by atoms with van der Waals surface area (Å²) in [5.41, 5.74) is 10.2. The second-order valence-corrected chi connectivity index (χ2v) is 15.5. The van der Waals surface area contributed by atoms with Crippen LogP contribution >= 0.6 is 0 Å². The van der Waals surface area contributed by atoms with Crippen molar-refractivity contribution in [1.82, 2.24) is 0 Å². The van der Waals surface area contributed by atoms with Crippen molar-refractivity contribution in [2.45, 2.75) is 127 Å². The fourth-order valence-electron chi connectivity index (χ4n) is 8.29. The van der Waals surface area contributed by atoms with Gasteiger partial charge >= 0.3 is 0 Å². The van der Waals surface area contributed by atoms with Crippen LogP contribution in [0, 0.1) is 0 Å². The summed E-state index contributed by atoms with van der Waals surface area (Å²) in [5, 5.41) is 0. The Bertz CT molecular complexity index is 568. The molecule has 0 N–H and O–H groups in total. The van der Waals surface area contributed by atoms with Crippen molar-refractivity contribution in [3.63, 3.8) is 0 Å². The van der Waals surface area contributed by atoms with Gasteiger partial charge in [-0.1, -0.05) is 60.7 Å². The van der Waals surface area contributed by atoms with E-state index in [1.807, 2.05) is 11.1 Å². The Morgan fingerprint density at radius 2 is 1.12 bits per heavy atom. The highest BCUT2D eigenvalue weighted by Crippen LogP contribution is 2.59. The van der Waals surface area contributed by atoms with Crippen molar-refractivity contribution in [1.29, 1.82) is 0 Å². The lowest BCUT2D eigenvalue weighted by molar-refractivity contribution is 0.662. The van der Waals surface area contributed by atoms with Gasteiger partial charge in [0.2, 0.25) is 0 Å². The van der Waals surface area contributed by atoms with Gasteiger partial charge in [0.05, 0.1) is 0 Å². The molecule has 0 spiro atoms. The fourth-order valence-corrected chi connectivity index (χ4v) is 15.3. The molecule has 2 atom stereocenters. The summed E-state index contributed by atoms with van der Waals surface area (Å²) in [4.78, 5) is 0. The van der Waals surface area contributed by atoms with E-state index in [0.29, 0.717) is 0 Å². The highest BCUT2D eigenvalue weighted by atomic mass is 28.3. The fraction of sp³-hybridized carbons (Fsp3) is 0.833. The number of hydrogen-bond acceptors (Lipinski definition) is 0. The minimum atomic E-state index is -1.31. The topological polar surface area (TPSA) is 0 Å². The van der Waals surface area contributed by atoms with Crippen LogP contribution in [-0.2, 0) is 0 Å². The first-order chi connectivity index (χ1) is 12.8. The van der Waals surface area contributed by atoms with Gasteiger partial charge in [0, 0.05) is 7.94 Å². The van der Waals surface area contributed by atoms with Crippen molar-refractivity contribution in [3.8, 4) is 0 Å². The van der Waals surface area contributed by atoms with Gasteiger partial charge in [-0.25, -0.2) is 0 Å². The lowest BCUT2D eigenvalue weighted by Crippen LogP contribution is -2.56. The lowest BCUT2D eigenvalue weighted by atomic mass is 9.61. The molecule has 5 rings (SSSR count). The Balaban J connectivity index is 1.53. The van der Waals surface area contributed by atoms with Crippen molar-refractivity contribution in [2.24, 2.45) is 0 Å². The molecule has 0 bridgehead atoms. The molecule has 2 heteroatoms. The predicted octanol–water partition coefficient (Wildman–Crippen LogP) is 7.89. The highest BCUT2D eigenvalue weighted by molar-refractivity contribution is 7.34. The quantitative estimate of drug-likeness (QED) is 0.352. The average Bonchev–Trinajstić information content (AvgIpc) is 3.33. The lowest BCUT2D eigenvalue weighted by Gasteiger charge is -2.48. The molecule has 1 fully saturated rings. The summed E-state index contributed by atoms with van der Waals surface area (Å²) in [5.74, 6) is 0. The van der Waals surface area contributed by atoms with Crippen molar-refractivity contribution < 1.29 is 0 Å². The van der Waals surface area contributed by atoms with Crippen LogP contribution in [0.4, 0.5) is 0 Å². The summed E-state index contributed by atoms with van der Waals surface area (Å²) in [6, 6.07) is 0. The summed E-state index contributed by atoms with van der Waals surface area (Å²) in [7, 11) is -1.31. The van der Waals surface area contributed by atoms with Crippen LogP contribution in [0.3, 0.4) is 0 Å². The number of hydrogen-bond donors (Lipinski definition) is 0. The van der Waals surface area contributed by atoms with Gasteiger partial charge in [0.15, 0.2) is 0 Å². The van der Waals surface area contributed by atoms with E-state index in [2.05, 4.69) is 17.7 Å². The normalized spacial score (nSPS) is 32.9. The number of rotatable bonds is 3. The van der Waals surface area contributed by atoms with Crippen molar-refractivity contribution >= 4 is 14.2 Å². The maximum Gasteiger partial charge on any atom is 0.135 e. The zero-order chi connectivity index (χ0) is 17.6. The molecule has 26 heavy (non-hydrogen) atoms. The van der Waals surface area contributed by atoms with E-state index in [1.165, 1.54) is 70.6 Å². The van der Waals surface area contributed by atoms with Gasteiger partial charge < -0.3 is 0 Å². The Kier molecular flexibility index (Phi) is 5.01. The van der Waals surface area contributed by atoms with Crippen LogP contribution in [0.15, 0.2) is 22.3 Å². The molecule has 4 aliphatic carbocycles. The Morgan fingerprint density at radius 1 is 0.615 bits per heavy atom. The third-order valence-electron chi connectivity index (χ3n) is 9.55. The van der Waals surface area contributed by atoms with Gasteiger partial charge in [-0.15, -0.1) is 0 Å². The van der Waals surface area contributed by atoms with Gasteiger partial charge in [-0.2, -0.15) is 0 Å². The maximum atomic E-state index is 2.95. The second-order valence-electron chi connectivity index (χ2n) is 10.6. The van der Waals surface area contributed by atoms with Crippen LogP contribution in [0.2, 0.25) is 30.3 Å². The SMILES string of the molecule is C[Si](B1CCCCC1)([C@H]1CCC2=C1CCCC2)[C@H]1CCC2=C1CCCC2. The Labute approximate surface area is 163 Å². The first kappa shape index (κ1) is 17.8. The molecule has 0 aromatic rings. The van der Waals surface area contributed by atoms with Gasteiger partial charge in [-0.3, -0.25) is 0 Å². The molecule has 0 unspecified atom stereocenters. The highest BCUT2D eigenvalue weighted by Gasteiger charge is 2.54. The van der Waals surface area contributed by atoms with Crippen LogP contribution < -0.4 is 0 Å². The first-order valence-electron chi connectivity index (χ1n) is 12.2.